The van der Waals surface area contributed by atoms with Crippen molar-refractivity contribution in [3.8, 4) is 0 Å². The molecule has 3 saturated carbocycles. The topological polar surface area (TPSA) is 58.2 Å². The van der Waals surface area contributed by atoms with Gasteiger partial charge in [-0.15, -0.1) is 0 Å². The first-order valence-corrected chi connectivity index (χ1v) is 10.9. The van der Waals surface area contributed by atoms with Crippen LogP contribution in [0.2, 0.25) is 0 Å². The van der Waals surface area contributed by atoms with Gasteiger partial charge in [0, 0.05) is 22.9 Å². The monoisotopic (exact) mass is 372 g/mol. The van der Waals surface area contributed by atoms with Gasteiger partial charge in [-0.25, -0.2) is 0 Å². The van der Waals surface area contributed by atoms with Gasteiger partial charge in [-0.3, -0.25) is 9.59 Å². The highest BCUT2D eigenvalue weighted by Gasteiger charge is 2.60. The highest BCUT2D eigenvalue weighted by atomic mass is 16.2. The van der Waals surface area contributed by atoms with E-state index < -0.39 is 0 Å². The molecule has 4 heteroatoms. The molecule has 4 rings (SSSR count). The predicted octanol–water partition coefficient (Wildman–Crippen LogP) is 3.81. The van der Waals surface area contributed by atoms with Crippen LogP contribution in [-0.2, 0) is 9.59 Å². The van der Waals surface area contributed by atoms with Crippen molar-refractivity contribution in [2.24, 2.45) is 34.5 Å². The molecule has 0 aromatic rings. The van der Waals surface area contributed by atoms with Crippen molar-refractivity contribution in [1.82, 2.24) is 10.6 Å². The van der Waals surface area contributed by atoms with Crippen LogP contribution in [0.15, 0.2) is 12.2 Å². The van der Waals surface area contributed by atoms with Crippen molar-refractivity contribution < 1.29 is 9.59 Å². The Kier molecular flexibility index (Phi) is 4.29. The molecule has 0 spiro atoms. The highest BCUT2D eigenvalue weighted by Crippen LogP contribution is 2.65. The summed E-state index contributed by atoms with van der Waals surface area (Å²) in [7, 11) is 0. The largest absolute Gasteiger partial charge is 0.351 e. The maximum atomic E-state index is 13.0. The number of carbonyl (C=O) groups excluding carboxylic acids is 2. The van der Waals surface area contributed by atoms with Gasteiger partial charge in [0.1, 0.15) is 0 Å². The van der Waals surface area contributed by atoms with Crippen molar-refractivity contribution in [3.63, 3.8) is 0 Å². The van der Waals surface area contributed by atoms with Crippen LogP contribution in [0.25, 0.3) is 0 Å². The molecule has 2 N–H and O–H groups in total. The molecule has 4 aliphatic rings. The van der Waals surface area contributed by atoms with Crippen LogP contribution in [-0.4, -0.2) is 23.4 Å². The van der Waals surface area contributed by atoms with E-state index in [1.54, 1.807) is 6.08 Å². The average molecular weight is 373 g/mol. The van der Waals surface area contributed by atoms with Crippen LogP contribution >= 0.6 is 0 Å². The molecule has 2 amide bonds. The van der Waals surface area contributed by atoms with E-state index in [4.69, 9.17) is 0 Å². The molecule has 0 saturated heterocycles. The molecule has 1 unspecified atom stereocenters. The Balaban J connectivity index is 1.58. The first-order valence-electron chi connectivity index (χ1n) is 10.9. The van der Waals surface area contributed by atoms with Crippen molar-refractivity contribution in [3.05, 3.63) is 12.2 Å². The lowest BCUT2D eigenvalue weighted by Crippen LogP contribution is -2.59. The molecule has 27 heavy (non-hydrogen) atoms. The van der Waals surface area contributed by atoms with E-state index in [-0.39, 0.29) is 40.1 Å². The van der Waals surface area contributed by atoms with E-state index in [1.165, 1.54) is 19.3 Å². The molecule has 150 valence electrons. The van der Waals surface area contributed by atoms with E-state index in [0.29, 0.717) is 17.8 Å². The molecule has 4 nitrogen and oxygen atoms in total. The standard InChI is InChI=1S/C23H36N2O2/c1-21(2,3)25-20(27)17-8-7-15-14-6-9-18-23(5,13-11-19(26)24-18)16(14)10-12-22(15,17)4/h11,13-18H,6-10,12H2,1-5H3,(H,24,26)(H,25,27)/t14-,15-,16-,17?,18-,22-,23+/m0/s1. The SMILES string of the molecule is CC(C)(C)NC(=O)C1CC[C@H]2[C@@H]3CC[C@@H]4NC(=O)C=C[C@]4(C)[C@H]3CC[C@]12C. The van der Waals surface area contributed by atoms with Crippen molar-refractivity contribution in [2.45, 2.75) is 84.7 Å². The van der Waals surface area contributed by atoms with Crippen LogP contribution in [0.5, 0.6) is 0 Å². The van der Waals surface area contributed by atoms with E-state index in [2.05, 4.69) is 51.3 Å². The summed E-state index contributed by atoms with van der Waals surface area (Å²) >= 11 is 0. The summed E-state index contributed by atoms with van der Waals surface area (Å²) in [6, 6.07) is 0.280. The Labute approximate surface area is 163 Å². The van der Waals surface area contributed by atoms with Crippen LogP contribution in [0.1, 0.15) is 73.1 Å². The summed E-state index contributed by atoms with van der Waals surface area (Å²) in [5.74, 6) is 2.41. The number of hydrogen-bond donors (Lipinski definition) is 2. The third-order valence-corrected chi connectivity index (χ3v) is 8.50. The lowest BCUT2D eigenvalue weighted by molar-refractivity contribution is -0.135. The van der Waals surface area contributed by atoms with E-state index in [0.717, 1.165) is 19.3 Å². The molecule has 0 radical (unpaired) electrons. The number of fused-ring (bicyclic) bond motifs is 5. The minimum Gasteiger partial charge on any atom is -0.351 e. The third-order valence-electron chi connectivity index (χ3n) is 8.50. The fourth-order valence-electron chi connectivity index (χ4n) is 7.22. The number of carbonyl (C=O) groups is 2. The highest BCUT2D eigenvalue weighted by molar-refractivity contribution is 5.89. The summed E-state index contributed by atoms with van der Waals surface area (Å²) in [6.07, 6.45) is 10.7. The summed E-state index contributed by atoms with van der Waals surface area (Å²) < 4.78 is 0. The quantitative estimate of drug-likeness (QED) is 0.735. The normalized spacial score (nSPS) is 46.1. The smallest absolute Gasteiger partial charge is 0.243 e. The molecule has 0 aromatic carbocycles. The Morgan fingerprint density at radius 3 is 2.56 bits per heavy atom. The lowest BCUT2D eigenvalue weighted by atomic mass is 9.48. The van der Waals surface area contributed by atoms with Gasteiger partial charge >= 0.3 is 0 Å². The van der Waals surface area contributed by atoms with Crippen LogP contribution in [0, 0.1) is 34.5 Å². The zero-order chi connectivity index (χ0) is 19.6. The molecule has 1 aliphatic heterocycles. The van der Waals surface area contributed by atoms with Gasteiger partial charge in [-0.05, 0) is 88.5 Å². The van der Waals surface area contributed by atoms with Crippen molar-refractivity contribution >= 4 is 11.8 Å². The average Bonchev–Trinajstić information content (AvgIpc) is 2.91. The number of hydrogen-bond acceptors (Lipinski definition) is 2. The maximum absolute atomic E-state index is 13.0. The number of nitrogens with one attached hydrogen (secondary N) is 2. The molecule has 0 aromatic heterocycles. The Hall–Kier alpha value is -1.32. The molecule has 0 bridgehead atoms. The van der Waals surface area contributed by atoms with Crippen LogP contribution in [0.4, 0.5) is 0 Å². The first kappa shape index (κ1) is 19.0. The van der Waals surface area contributed by atoms with Gasteiger partial charge in [-0.2, -0.15) is 0 Å². The summed E-state index contributed by atoms with van der Waals surface area (Å²) in [6.45, 7) is 11.0. The van der Waals surface area contributed by atoms with E-state index in [1.807, 2.05) is 0 Å². The Morgan fingerprint density at radius 2 is 1.85 bits per heavy atom. The van der Waals surface area contributed by atoms with Gasteiger partial charge in [0.05, 0.1) is 0 Å². The summed E-state index contributed by atoms with van der Waals surface area (Å²) in [5, 5.41) is 6.48. The second kappa shape index (κ2) is 6.09. The van der Waals surface area contributed by atoms with Gasteiger partial charge in [0.25, 0.3) is 0 Å². The van der Waals surface area contributed by atoms with Crippen LogP contribution in [0.3, 0.4) is 0 Å². The number of amides is 2. The zero-order valence-electron chi connectivity index (χ0n) is 17.6. The van der Waals surface area contributed by atoms with Crippen molar-refractivity contribution in [1.29, 1.82) is 0 Å². The summed E-state index contributed by atoms with van der Waals surface area (Å²) in [5.41, 5.74) is 0.0323. The molecular formula is C23H36N2O2. The van der Waals surface area contributed by atoms with E-state index >= 15 is 0 Å². The van der Waals surface area contributed by atoms with Gasteiger partial charge in [0.2, 0.25) is 11.8 Å². The fraction of sp³-hybridized carbons (Fsp3) is 0.826. The number of rotatable bonds is 1. The summed E-state index contributed by atoms with van der Waals surface area (Å²) in [4.78, 5) is 24.9. The molecular weight excluding hydrogens is 336 g/mol. The first-order chi connectivity index (χ1) is 12.5. The molecule has 3 fully saturated rings. The lowest BCUT2D eigenvalue weighted by Gasteiger charge is -2.58. The Bertz CT molecular complexity index is 678. The predicted molar refractivity (Wildman–Crippen MR) is 107 cm³/mol. The fourth-order valence-corrected chi connectivity index (χ4v) is 7.22. The minimum atomic E-state index is -0.167. The molecule has 3 aliphatic carbocycles. The van der Waals surface area contributed by atoms with Crippen LogP contribution < -0.4 is 10.6 Å². The minimum absolute atomic E-state index is 0.0661. The third kappa shape index (κ3) is 2.94. The zero-order valence-corrected chi connectivity index (χ0v) is 17.6. The maximum Gasteiger partial charge on any atom is 0.243 e. The molecule has 1 heterocycles. The van der Waals surface area contributed by atoms with E-state index in [9.17, 15) is 9.59 Å². The van der Waals surface area contributed by atoms with Crippen molar-refractivity contribution in [2.75, 3.05) is 0 Å². The van der Waals surface area contributed by atoms with Gasteiger partial charge < -0.3 is 10.6 Å². The second-order valence-electron chi connectivity index (χ2n) is 11.1. The van der Waals surface area contributed by atoms with Gasteiger partial charge in [-0.1, -0.05) is 19.9 Å². The second-order valence-corrected chi connectivity index (χ2v) is 11.1. The van der Waals surface area contributed by atoms with Gasteiger partial charge in [0.15, 0.2) is 0 Å². The molecule has 7 atom stereocenters. The Morgan fingerprint density at radius 1 is 1.11 bits per heavy atom.